The molecule has 1 fully saturated rings. The average molecular weight is 333 g/mol. The number of Topliss-reactive ketones (excluding diaryl/α,β-unsaturated/α-hetero) is 2. The predicted octanol–water partition coefficient (Wildman–Crippen LogP) is 3.92. The summed E-state index contributed by atoms with van der Waals surface area (Å²) in [7, 11) is 0. The third kappa shape index (κ3) is 4.56. The highest BCUT2D eigenvalue weighted by atomic mass is 16.5. The minimum Gasteiger partial charge on any atom is -0.457 e. The Kier molecular flexibility index (Phi) is 6.35. The molecule has 0 bridgehead atoms. The fourth-order valence-corrected chi connectivity index (χ4v) is 3.65. The smallest absolute Gasteiger partial charge is 0.306 e. The molecule has 0 atom stereocenters. The normalized spacial score (nSPS) is 15.3. The lowest BCUT2D eigenvalue weighted by atomic mass is 9.86. The van der Waals surface area contributed by atoms with Crippen molar-refractivity contribution in [3.8, 4) is 0 Å². The number of nitrogens with one attached hydrogen (secondary N) is 1. The van der Waals surface area contributed by atoms with Crippen LogP contribution >= 0.6 is 0 Å². The van der Waals surface area contributed by atoms with Crippen molar-refractivity contribution in [3.05, 3.63) is 22.5 Å². The Balaban J connectivity index is 1.83. The molecular weight excluding hydrogens is 306 g/mol. The van der Waals surface area contributed by atoms with E-state index >= 15 is 0 Å². The van der Waals surface area contributed by atoms with Gasteiger partial charge in [0.15, 0.2) is 12.4 Å². The number of aromatic nitrogens is 1. The first-order chi connectivity index (χ1) is 11.4. The highest BCUT2D eigenvalue weighted by Crippen LogP contribution is 2.27. The molecule has 0 aromatic carbocycles. The Morgan fingerprint density at radius 1 is 1.12 bits per heavy atom. The lowest BCUT2D eigenvalue weighted by molar-refractivity contribution is -0.142. The van der Waals surface area contributed by atoms with E-state index in [0.717, 1.165) is 6.42 Å². The van der Waals surface area contributed by atoms with Gasteiger partial charge in [-0.05, 0) is 38.7 Å². The lowest BCUT2D eigenvalue weighted by Gasteiger charge is -2.20. The van der Waals surface area contributed by atoms with Crippen LogP contribution in [0.4, 0.5) is 0 Å². The molecule has 1 aromatic heterocycles. The summed E-state index contributed by atoms with van der Waals surface area (Å²) in [5.74, 6) is -0.0750. The number of aryl methyl sites for hydroxylation is 1. The van der Waals surface area contributed by atoms with Gasteiger partial charge in [-0.1, -0.05) is 32.1 Å². The number of carbonyl (C=O) groups excluding carboxylic acids is 3. The van der Waals surface area contributed by atoms with E-state index in [4.69, 9.17) is 4.74 Å². The number of carbonyl (C=O) groups is 3. The standard InChI is InChI=1S/C19H27NO4/c1-12-18(14(3)21)13(2)20-19(12)16(22)11-24-17(23)10-9-15-7-5-4-6-8-15/h15,20H,4-11H2,1-3H3. The van der Waals surface area contributed by atoms with E-state index in [9.17, 15) is 14.4 Å². The molecule has 0 unspecified atom stereocenters. The molecule has 1 aliphatic rings. The molecular formula is C19H27NO4. The molecule has 0 aliphatic heterocycles. The summed E-state index contributed by atoms with van der Waals surface area (Å²) in [5.41, 5.74) is 2.20. The molecule has 0 radical (unpaired) electrons. The third-order valence-electron chi connectivity index (χ3n) is 4.91. The monoisotopic (exact) mass is 333 g/mol. The zero-order valence-electron chi connectivity index (χ0n) is 14.9. The number of hydrogen-bond acceptors (Lipinski definition) is 4. The van der Waals surface area contributed by atoms with Gasteiger partial charge in [0.25, 0.3) is 0 Å². The number of H-pyrrole nitrogens is 1. The van der Waals surface area contributed by atoms with E-state index in [1.54, 1.807) is 13.8 Å². The maximum absolute atomic E-state index is 12.2. The molecule has 24 heavy (non-hydrogen) atoms. The van der Waals surface area contributed by atoms with Gasteiger partial charge in [-0.15, -0.1) is 0 Å². The van der Waals surface area contributed by atoms with Crippen molar-refractivity contribution >= 4 is 17.5 Å². The first-order valence-electron chi connectivity index (χ1n) is 8.79. The second kappa shape index (κ2) is 8.27. The van der Waals surface area contributed by atoms with Crippen molar-refractivity contribution < 1.29 is 19.1 Å². The minimum absolute atomic E-state index is 0.0789. The quantitative estimate of drug-likeness (QED) is 0.606. The van der Waals surface area contributed by atoms with Gasteiger partial charge in [-0.2, -0.15) is 0 Å². The van der Waals surface area contributed by atoms with E-state index in [2.05, 4.69) is 4.98 Å². The summed E-state index contributed by atoms with van der Waals surface area (Å²) in [6, 6.07) is 0. The molecule has 0 amide bonds. The van der Waals surface area contributed by atoms with E-state index in [1.165, 1.54) is 39.0 Å². The van der Waals surface area contributed by atoms with Crippen LogP contribution in [0.1, 0.15) is 84.0 Å². The SMILES string of the molecule is CC(=O)c1c(C)[nH]c(C(=O)COC(=O)CCC2CCCCC2)c1C. The van der Waals surface area contributed by atoms with Gasteiger partial charge >= 0.3 is 5.97 Å². The number of aromatic amines is 1. The third-order valence-corrected chi connectivity index (χ3v) is 4.91. The van der Waals surface area contributed by atoms with Gasteiger partial charge in [0.05, 0.1) is 5.69 Å². The Morgan fingerprint density at radius 3 is 2.38 bits per heavy atom. The van der Waals surface area contributed by atoms with E-state index in [0.29, 0.717) is 34.9 Å². The predicted molar refractivity (Wildman–Crippen MR) is 91.4 cm³/mol. The molecule has 2 rings (SSSR count). The van der Waals surface area contributed by atoms with Crippen LogP contribution in [0.2, 0.25) is 0 Å². The topological polar surface area (TPSA) is 76.2 Å². The van der Waals surface area contributed by atoms with Gasteiger partial charge in [-0.3, -0.25) is 14.4 Å². The van der Waals surface area contributed by atoms with Gasteiger partial charge in [-0.25, -0.2) is 0 Å². The summed E-state index contributed by atoms with van der Waals surface area (Å²) >= 11 is 0. The van der Waals surface area contributed by atoms with Crippen LogP contribution in [0.5, 0.6) is 0 Å². The number of rotatable bonds is 7. The summed E-state index contributed by atoms with van der Waals surface area (Å²) in [5, 5.41) is 0. The largest absolute Gasteiger partial charge is 0.457 e. The number of esters is 1. The lowest BCUT2D eigenvalue weighted by Crippen LogP contribution is -2.16. The maximum atomic E-state index is 12.2. The van der Waals surface area contributed by atoms with Crippen molar-refractivity contribution in [1.82, 2.24) is 4.98 Å². The summed E-state index contributed by atoms with van der Waals surface area (Å²) in [4.78, 5) is 38.6. The van der Waals surface area contributed by atoms with Crippen molar-refractivity contribution in [2.45, 2.75) is 65.7 Å². The van der Waals surface area contributed by atoms with Crippen molar-refractivity contribution in [1.29, 1.82) is 0 Å². The fourth-order valence-electron chi connectivity index (χ4n) is 3.65. The Bertz CT molecular complexity index is 624. The van der Waals surface area contributed by atoms with Gasteiger partial charge in [0.2, 0.25) is 5.78 Å². The van der Waals surface area contributed by atoms with Crippen LogP contribution in [-0.2, 0) is 9.53 Å². The molecule has 1 aliphatic carbocycles. The summed E-state index contributed by atoms with van der Waals surface area (Å²) in [6.07, 6.45) is 7.42. The molecule has 1 heterocycles. The van der Waals surface area contributed by atoms with Crippen molar-refractivity contribution in [2.75, 3.05) is 6.61 Å². The zero-order valence-corrected chi connectivity index (χ0v) is 14.9. The van der Waals surface area contributed by atoms with Crippen molar-refractivity contribution in [2.24, 2.45) is 5.92 Å². The minimum atomic E-state index is -0.318. The van der Waals surface area contributed by atoms with Crippen molar-refractivity contribution in [3.63, 3.8) is 0 Å². The Labute approximate surface area is 143 Å². The molecule has 1 aromatic rings. The second-order valence-corrected chi connectivity index (χ2v) is 6.81. The van der Waals surface area contributed by atoms with Crippen LogP contribution < -0.4 is 0 Å². The van der Waals surface area contributed by atoms with Crippen LogP contribution in [0, 0.1) is 19.8 Å². The van der Waals surface area contributed by atoms with Crippen LogP contribution in [-0.4, -0.2) is 29.1 Å². The fraction of sp³-hybridized carbons (Fsp3) is 0.632. The summed E-state index contributed by atoms with van der Waals surface area (Å²) in [6.45, 7) is 4.69. The molecule has 1 N–H and O–H groups in total. The molecule has 1 saturated carbocycles. The maximum Gasteiger partial charge on any atom is 0.306 e. The first kappa shape index (κ1) is 18.4. The number of ketones is 2. The number of ether oxygens (including phenoxy) is 1. The Morgan fingerprint density at radius 2 is 1.79 bits per heavy atom. The van der Waals surface area contributed by atoms with Gasteiger partial charge in [0.1, 0.15) is 0 Å². The molecule has 0 spiro atoms. The second-order valence-electron chi connectivity index (χ2n) is 6.81. The van der Waals surface area contributed by atoms with Crippen LogP contribution in [0.15, 0.2) is 0 Å². The van der Waals surface area contributed by atoms with Crippen LogP contribution in [0.3, 0.4) is 0 Å². The molecule has 0 saturated heterocycles. The van der Waals surface area contributed by atoms with E-state index in [1.807, 2.05) is 0 Å². The summed E-state index contributed by atoms with van der Waals surface area (Å²) < 4.78 is 5.12. The van der Waals surface area contributed by atoms with Crippen LogP contribution in [0.25, 0.3) is 0 Å². The van der Waals surface area contributed by atoms with E-state index < -0.39 is 0 Å². The number of hydrogen-bond donors (Lipinski definition) is 1. The first-order valence-corrected chi connectivity index (χ1v) is 8.79. The molecule has 132 valence electrons. The highest BCUT2D eigenvalue weighted by molar-refractivity contribution is 6.04. The average Bonchev–Trinajstić information content (AvgIpc) is 2.86. The molecule has 5 nitrogen and oxygen atoms in total. The van der Waals surface area contributed by atoms with Gasteiger partial charge in [0, 0.05) is 17.7 Å². The van der Waals surface area contributed by atoms with E-state index in [-0.39, 0.29) is 24.1 Å². The molecule has 5 heteroatoms. The zero-order chi connectivity index (χ0) is 17.7. The van der Waals surface area contributed by atoms with Gasteiger partial charge < -0.3 is 9.72 Å². The Hall–Kier alpha value is -1.91. The highest BCUT2D eigenvalue weighted by Gasteiger charge is 2.21.